The number of carbonyl (C=O) groups is 2. The monoisotopic (exact) mass is 402 g/mol. The quantitative estimate of drug-likeness (QED) is 0.600. The zero-order valence-corrected chi connectivity index (χ0v) is 16.9. The van der Waals surface area contributed by atoms with Crippen molar-refractivity contribution in [2.75, 3.05) is 0 Å². The molecule has 0 bridgehead atoms. The molecule has 3 rings (SSSR count). The van der Waals surface area contributed by atoms with Crippen LogP contribution in [0.4, 0.5) is 0 Å². The number of aryl methyl sites for hydroxylation is 1. The van der Waals surface area contributed by atoms with E-state index in [0.717, 1.165) is 56.2 Å². The Morgan fingerprint density at radius 1 is 1.36 bits per heavy atom. The van der Waals surface area contributed by atoms with Gasteiger partial charge >= 0.3 is 5.97 Å². The van der Waals surface area contributed by atoms with Crippen LogP contribution in [0.2, 0.25) is 5.15 Å². The zero-order chi connectivity index (χ0) is 20.1. The van der Waals surface area contributed by atoms with Crippen LogP contribution in [0, 0.1) is 11.8 Å². The minimum atomic E-state index is -0.764. The summed E-state index contributed by atoms with van der Waals surface area (Å²) in [5.74, 6) is 0.0280. The summed E-state index contributed by atoms with van der Waals surface area (Å²) in [6.45, 7) is 2.79. The van der Waals surface area contributed by atoms with Gasteiger partial charge < -0.3 is 9.67 Å². The third-order valence-corrected chi connectivity index (χ3v) is 6.10. The average Bonchev–Trinajstić information content (AvgIpc) is 3.25. The summed E-state index contributed by atoms with van der Waals surface area (Å²) in [5.41, 5.74) is 1.30. The summed E-state index contributed by atoms with van der Waals surface area (Å²) in [7, 11) is 0. The molecule has 6 heteroatoms. The van der Waals surface area contributed by atoms with Crippen LogP contribution in [0.15, 0.2) is 30.3 Å². The highest BCUT2D eigenvalue weighted by molar-refractivity contribution is 6.31. The molecule has 1 aliphatic carbocycles. The summed E-state index contributed by atoms with van der Waals surface area (Å²) in [6, 6.07) is 9.48. The number of hydrogen-bond acceptors (Lipinski definition) is 3. The van der Waals surface area contributed by atoms with Crippen LogP contribution < -0.4 is 0 Å². The van der Waals surface area contributed by atoms with Gasteiger partial charge in [0.15, 0.2) is 11.4 Å². The Morgan fingerprint density at radius 3 is 2.75 bits per heavy atom. The predicted octanol–water partition coefficient (Wildman–Crippen LogP) is 4.98. The number of carbonyl (C=O) groups excluding carboxylic acids is 1. The molecule has 3 unspecified atom stereocenters. The minimum Gasteiger partial charge on any atom is -0.481 e. The van der Waals surface area contributed by atoms with E-state index in [9.17, 15) is 14.7 Å². The predicted molar refractivity (Wildman–Crippen MR) is 109 cm³/mol. The van der Waals surface area contributed by atoms with Gasteiger partial charge in [-0.25, -0.2) is 4.98 Å². The molecule has 1 aromatic carbocycles. The number of aldehydes is 1. The Hall–Kier alpha value is -2.14. The molecule has 0 saturated heterocycles. The summed E-state index contributed by atoms with van der Waals surface area (Å²) in [6.07, 6.45) is 6.26. The van der Waals surface area contributed by atoms with Gasteiger partial charge in [-0.15, -0.1) is 0 Å². The van der Waals surface area contributed by atoms with Crippen LogP contribution in [-0.4, -0.2) is 26.9 Å². The smallest absolute Gasteiger partial charge is 0.311 e. The van der Waals surface area contributed by atoms with E-state index in [0.29, 0.717) is 18.2 Å². The van der Waals surface area contributed by atoms with Gasteiger partial charge in [0.2, 0.25) is 0 Å². The molecule has 1 saturated carbocycles. The Kier molecular flexibility index (Phi) is 6.89. The largest absolute Gasteiger partial charge is 0.481 e. The van der Waals surface area contributed by atoms with Crippen molar-refractivity contribution < 1.29 is 14.7 Å². The molecule has 1 heterocycles. The van der Waals surface area contributed by atoms with Crippen molar-refractivity contribution in [3.63, 3.8) is 0 Å². The highest BCUT2D eigenvalue weighted by Gasteiger charge is 2.36. The lowest BCUT2D eigenvalue weighted by molar-refractivity contribution is -0.140. The first-order valence-corrected chi connectivity index (χ1v) is 10.4. The van der Waals surface area contributed by atoms with E-state index in [-0.39, 0.29) is 11.1 Å². The summed E-state index contributed by atoms with van der Waals surface area (Å²) in [4.78, 5) is 27.9. The van der Waals surface area contributed by atoms with Crippen molar-refractivity contribution in [2.24, 2.45) is 11.8 Å². The number of aliphatic carboxylic acids is 1. The van der Waals surface area contributed by atoms with Crippen LogP contribution in [-0.2, 0) is 17.8 Å². The molecule has 3 atom stereocenters. The molecule has 1 fully saturated rings. The van der Waals surface area contributed by atoms with E-state index in [1.165, 1.54) is 0 Å². The molecule has 1 aromatic heterocycles. The van der Waals surface area contributed by atoms with Crippen LogP contribution >= 0.6 is 11.6 Å². The number of benzene rings is 1. The van der Waals surface area contributed by atoms with E-state index in [1.54, 1.807) is 0 Å². The highest BCUT2D eigenvalue weighted by atomic mass is 35.5. The van der Waals surface area contributed by atoms with E-state index in [4.69, 9.17) is 11.6 Å². The van der Waals surface area contributed by atoms with Crippen molar-refractivity contribution in [1.82, 2.24) is 9.55 Å². The van der Waals surface area contributed by atoms with Gasteiger partial charge in [0, 0.05) is 13.0 Å². The Morgan fingerprint density at radius 2 is 2.11 bits per heavy atom. The number of carboxylic acids is 1. The molecule has 5 nitrogen and oxygen atoms in total. The standard InChI is InChI=1S/C22H27ClN2O3/c1-2-3-9-19-24-21(23)18(14-26)25(19)13-15-10-11-17(12-15)20(22(27)28)16-7-5-4-6-8-16/h4-8,14-15,17,20H,2-3,9-13H2,1H3,(H,27,28). The summed E-state index contributed by atoms with van der Waals surface area (Å²) in [5, 5.41) is 10.1. The van der Waals surface area contributed by atoms with E-state index in [2.05, 4.69) is 11.9 Å². The topological polar surface area (TPSA) is 72.2 Å². The lowest BCUT2D eigenvalue weighted by Crippen LogP contribution is -2.20. The number of halogens is 1. The van der Waals surface area contributed by atoms with Gasteiger partial charge in [-0.3, -0.25) is 9.59 Å². The zero-order valence-electron chi connectivity index (χ0n) is 16.2. The maximum absolute atomic E-state index is 11.9. The molecular weight excluding hydrogens is 376 g/mol. The van der Waals surface area contributed by atoms with E-state index >= 15 is 0 Å². The van der Waals surface area contributed by atoms with Crippen molar-refractivity contribution in [3.8, 4) is 0 Å². The second-order valence-corrected chi connectivity index (χ2v) is 8.06. The van der Waals surface area contributed by atoms with Crippen molar-refractivity contribution in [2.45, 2.75) is 57.9 Å². The van der Waals surface area contributed by atoms with Gasteiger partial charge in [0.1, 0.15) is 11.5 Å². The fraction of sp³-hybridized carbons (Fsp3) is 0.500. The Balaban J connectivity index is 1.76. The molecule has 1 N–H and O–H groups in total. The second-order valence-electron chi connectivity index (χ2n) is 7.70. The highest BCUT2D eigenvalue weighted by Crippen LogP contribution is 2.41. The van der Waals surface area contributed by atoms with Gasteiger partial charge in [-0.1, -0.05) is 55.3 Å². The van der Waals surface area contributed by atoms with Crippen molar-refractivity contribution >= 4 is 23.9 Å². The lowest BCUT2D eigenvalue weighted by Gasteiger charge is -2.21. The summed E-state index contributed by atoms with van der Waals surface area (Å²) < 4.78 is 1.95. The maximum Gasteiger partial charge on any atom is 0.311 e. The number of carboxylic acid groups (broad SMARTS) is 1. The van der Waals surface area contributed by atoms with Crippen molar-refractivity contribution in [3.05, 3.63) is 52.6 Å². The first-order valence-electron chi connectivity index (χ1n) is 10.0. The number of unbranched alkanes of at least 4 members (excludes halogenated alkanes) is 1. The minimum absolute atomic E-state index is 0.0997. The third kappa shape index (κ3) is 4.46. The molecule has 0 amide bonds. The molecule has 2 aromatic rings. The number of aromatic nitrogens is 2. The van der Waals surface area contributed by atoms with Gasteiger partial charge in [0.25, 0.3) is 0 Å². The van der Waals surface area contributed by atoms with Crippen molar-refractivity contribution in [1.29, 1.82) is 0 Å². The SMILES string of the molecule is CCCCc1nc(Cl)c(C=O)n1CC1CCC(C(C(=O)O)c2ccccc2)C1. The first-order chi connectivity index (χ1) is 13.5. The molecule has 150 valence electrons. The van der Waals surface area contributed by atoms with E-state index in [1.807, 2.05) is 34.9 Å². The fourth-order valence-electron chi connectivity index (χ4n) is 4.44. The first kappa shape index (κ1) is 20.6. The van der Waals surface area contributed by atoms with Crippen LogP contribution in [0.3, 0.4) is 0 Å². The Bertz CT molecular complexity index is 819. The lowest BCUT2D eigenvalue weighted by atomic mass is 9.84. The van der Waals surface area contributed by atoms with E-state index < -0.39 is 11.9 Å². The van der Waals surface area contributed by atoms with Crippen LogP contribution in [0.25, 0.3) is 0 Å². The number of nitrogens with zero attached hydrogens (tertiary/aromatic N) is 2. The maximum atomic E-state index is 11.9. The second kappa shape index (κ2) is 9.37. The van der Waals surface area contributed by atoms with Gasteiger partial charge in [0.05, 0.1) is 5.92 Å². The average molecular weight is 403 g/mol. The molecule has 0 spiro atoms. The summed E-state index contributed by atoms with van der Waals surface area (Å²) >= 11 is 6.17. The number of imidazole rings is 1. The molecule has 1 aliphatic rings. The number of rotatable bonds is 9. The van der Waals surface area contributed by atoms with Gasteiger partial charge in [-0.2, -0.15) is 0 Å². The number of hydrogen-bond donors (Lipinski definition) is 1. The molecule has 0 radical (unpaired) electrons. The molecular formula is C22H27ClN2O3. The third-order valence-electron chi connectivity index (χ3n) is 5.83. The molecule has 0 aliphatic heterocycles. The normalized spacial score (nSPS) is 20.2. The van der Waals surface area contributed by atoms with Crippen LogP contribution in [0.5, 0.6) is 0 Å². The van der Waals surface area contributed by atoms with Gasteiger partial charge in [-0.05, 0) is 43.1 Å². The molecule has 28 heavy (non-hydrogen) atoms. The fourth-order valence-corrected chi connectivity index (χ4v) is 4.68. The Labute approximate surface area is 170 Å². The van der Waals surface area contributed by atoms with Crippen LogP contribution in [0.1, 0.15) is 66.8 Å².